The predicted molar refractivity (Wildman–Crippen MR) is 85.2 cm³/mol. The van der Waals surface area contributed by atoms with Gasteiger partial charge in [0.05, 0.1) is 0 Å². The van der Waals surface area contributed by atoms with Gasteiger partial charge in [0, 0.05) is 30.7 Å². The van der Waals surface area contributed by atoms with Crippen LogP contribution < -0.4 is 0 Å². The summed E-state index contributed by atoms with van der Waals surface area (Å²) in [6, 6.07) is 7.43. The van der Waals surface area contributed by atoms with Gasteiger partial charge in [0.2, 0.25) is 0 Å². The van der Waals surface area contributed by atoms with Crippen molar-refractivity contribution in [1.29, 1.82) is 0 Å². The van der Waals surface area contributed by atoms with Gasteiger partial charge in [0.25, 0.3) is 10.0 Å². The Labute approximate surface area is 133 Å². The van der Waals surface area contributed by atoms with Crippen LogP contribution in [0.3, 0.4) is 0 Å². The van der Waals surface area contributed by atoms with Gasteiger partial charge in [0.1, 0.15) is 4.21 Å². The molecule has 21 heavy (non-hydrogen) atoms. The molecule has 0 atom stereocenters. The molecule has 0 unspecified atom stereocenters. The molecule has 0 aliphatic carbocycles. The van der Waals surface area contributed by atoms with Crippen molar-refractivity contribution in [2.75, 3.05) is 13.2 Å². The highest BCUT2D eigenvalue weighted by molar-refractivity contribution is 7.91. The molecule has 1 saturated heterocycles. The molecule has 3 heterocycles. The number of thiophene rings is 2. The van der Waals surface area contributed by atoms with Crippen molar-refractivity contribution in [3.8, 4) is 0 Å². The van der Waals surface area contributed by atoms with Crippen molar-refractivity contribution < 1.29 is 13.2 Å². The molecule has 0 N–H and O–H groups in total. The lowest BCUT2D eigenvalue weighted by Crippen LogP contribution is -2.42. The maximum Gasteiger partial charge on any atom is 0.253 e. The topological polar surface area (TPSA) is 46.6 Å². The molecule has 114 valence electrons. The van der Waals surface area contributed by atoms with Crippen LogP contribution >= 0.6 is 22.7 Å². The first-order chi connectivity index (χ1) is 10.2. The summed E-state index contributed by atoms with van der Waals surface area (Å²) in [5, 5.41) is 3.79. The molecule has 0 amide bonds. The van der Waals surface area contributed by atoms with Crippen LogP contribution in [0.15, 0.2) is 39.2 Å². The highest BCUT2D eigenvalue weighted by Gasteiger charge is 2.33. The fourth-order valence-corrected chi connectivity index (χ4v) is 6.03. The van der Waals surface area contributed by atoms with Crippen LogP contribution in [0, 0.1) is 0 Å². The number of rotatable bonds is 5. The van der Waals surface area contributed by atoms with Crippen molar-refractivity contribution in [3.63, 3.8) is 0 Å². The van der Waals surface area contributed by atoms with Crippen molar-refractivity contribution in [1.82, 2.24) is 4.31 Å². The smallest absolute Gasteiger partial charge is 0.253 e. The van der Waals surface area contributed by atoms with Crippen LogP contribution in [0.1, 0.15) is 17.7 Å². The van der Waals surface area contributed by atoms with Gasteiger partial charge in [-0.3, -0.25) is 0 Å². The molecule has 0 radical (unpaired) electrons. The monoisotopic (exact) mass is 343 g/mol. The highest BCUT2D eigenvalue weighted by atomic mass is 32.2. The zero-order chi connectivity index (χ0) is 14.7. The quantitative estimate of drug-likeness (QED) is 0.838. The lowest BCUT2D eigenvalue weighted by Gasteiger charge is -2.32. The molecule has 0 saturated carbocycles. The molecule has 0 spiro atoms. The van der Waals surface area contributed by atoms with Crippen LogP contribution in [0.2, 0.25) is 0 Å². The second kappa shape index (κ2) is 6.58. The molecular formula is C14H17NO3S3. The van der Waals surface area contributed by atoms with E-state index in [1.807, 2.05) is 17.5 Å². The Bertz CT molecular complexity index is 644. The van der Waals surface area contributed by atoms with E-state index in [9.17, 15) is 8.42 Å². The Hall–Kier alpha value is -0.730. The van der Waals surface area contributed by atoms with Gasteiger partial charge in [-0.25, -0.2) is 8.42 Å². The lowest BCUT2D eigenvalue weighted by atomic mass is 10.1. The normalized spacial score (nSPS) is 17.4. The average Bonchev–Trinajstić information content (AvgIpc) is 3.19. The minimum atomic E-state index is -3.43. The first kappa shape index (κ1) is 15.2. The van der Waals surface area contributed by atoms with E-state index in [0.717, 1.165) is 17.7 Å². The molecule has 4 nitrogen and oxygen atoms in total. The number of ether oxygens (including phenoxy) is 1. The maximum atomic E-state index is 12.9. The fraction of sp³-hybridized carbons (Fsp3) is 0.429. The van der Waals surface area contributed by atoms with Gasteiger partial charge in [-0.05, 0) is 35.7 Å². The van der Waals surface area contributed by atoms with Crippen molar-refractivity contribution in [3.05, 3.63) is 39.9 Å². The molecule has 1 aliphatic rings. The van der Waals surface area contributed by atoms with E-state index in [0.29, 0.717) is 24.0 Å². The molecule has 1 aliphatic heterocycles. The Kier molecular flexibility index (Phi) is 4.75. The summed E-state index contributed by atoms with van der Waals surface area (Å²) in [5.41, 5.74) is 0. The number of sulfonamides is 1. The summed E-state index contributed by atoms with van der Waals surface area (Å²) in [6.07, 6.45) is 1.52. The summed E-state index contributed by atoms with van der Waals surface area (Å²) in [5.74, 6) is 0. The summed E-state index contributed by atoms with van der Waals surface area (Å²) < 4.78 is 33.3. The van der Waals surface area contributed by atoms with Crippen molar-refractivity contribution >= 4 is 32.7 Å². The van der Waals surface area contributed by atoms with E-state index in [2.05, 4.69) is 0 Å². The lowest BCUT2D eigenvalue weighted by molar-refractivity contribution is 0.0572. The minimum absolute atomic E-state index is 0.0212. The van der Waals surface area contributed by atoms with Crippen molar-refractivity contribution in [2.45, 2.75) is 29.6 Å². The van der Waals surface area contributed by atoms with Crippen LogP contribution in [0.25, 0.3) is 0 Å². The number of hydrogen-bond donors (Lipinski definition) is 0. The third-order valence-electron chi connectivity index (χ3n) is 3.55. The van der Waals surface area contributed by atoms with Gasteiger partial charge in [-0.15, -0.1) is 22.7 Å². The van der Waals surface area contributed by atoms with Gasteiger partial charge >= 0.3 is 0 Å². The second-order valence-corrected chi connectivity index (χ2v) is 9.00. The number of nitrogens with zero attached hydrogens (tertiary/aromatic N) is 1. The first-order valence-corrected chi connectivity index (χ1v) is 10.0. The van der Waals surface area contributed by atoms with Crippen LogP contribution in [0.5, 0.6) is 0 Å². The summed E-state index contributed by atoms with van der Waals surface area (Å²) in [7, 11) is -3.43. The van der Waals surface area contributed by atoms with Gasteiger partial charge < -0.3 is 4.74 Å². The Balaban J connectivity index is 1.91. The molecule has 0 aromatic carbocycles. The van der Waals surface area contributed by atoms with Gasteiger partial charge in [-0.1, -0.05) is 12.1 Å². The summed E-state index contributed by atoms with van der Waals surface area (Å²) in [4.78, 5) is 1.07. The van der Waals surface area contributed by atoms with Gasteiger partial charge in [0.15, 0.2) is 0 Å². The average molecular weight is 343 g/mol. The standard InChI is InChI=1S/C14H17NO3S3/c16-21(17,14-4-2-10-20-14)15(11-13-3-1-9-19-13)12-5-7-18-8-6-12/h1-4,9-10,12H,5-8,11H2. The zero-order valence-electron chi connectivity index (χ0n) is 11.5. The summed E-state index contributed by atoms with van der Waals surface area (Å²) >= 11 is 2.87. The van der Waals surface area contributed by atoms with Crippen molar-refractivity contribution in [2.24, 2.45) is 0 Å². The zero-order valence-corrected chi connectivity index (χ0v) is 13.9. The van der Waals surface area contributed by atoms with Crippen LogP contribution in [-0.4, -0.2) is 32.0 Å². The van der Waals surface area contributed by atoms with Crippen LogP contribution in [-0.2, 0) is 21.3 Å². The highest BCUT2D eigenvalue weighted by Crippen LogP contribution is 2.29. The second-order valence-electron chi connectivity index (χ2n) is 4.91. The van der Waals surface area contributed by atoms with E-state index < -0.39 is 10.0 Å². The SMILES string of the molecule is O=S(=O)(c1cccs1)N(Cc1cccs1)C1CCOCC1. The summed E-state index contributed by atoms with van der Waals surface area (Å²) in [6.45, 7) is 1.71. The molecule has 7 heteroatoms. The van der Waals surface area contributed by atoms with E-state index >= 15 is 0 Å². The number of hydrogen-bond acceptors (Lipinski definition) is 5. The van der Waals surface area contributed by atoms with Gasteiger partial charge in [-0.2, -0.15) is 4.31 Å². The van der Waals surface area contributed by atoms with Crippen LogP contribution in [0.4, 0.5) is 0 Å². The Morgan fingerprint density at radius 2 is 1.86 bits per heavy atom. The third kappa shape index (κ3) is 3.37. The van der Waals surface area contributed by atoms with E-state index in [1.54, 1.807) is 33.2 Å². The Morgan fingerprint density at radius 3 is 2.48 bits per heavy atom. The fourth-order valence-electron chi connectivity index (χ4n) is 2.47. The molecule has 1 fully saturated rings. The maximum absolute atomic E-state index is 12.9. The minimum Gasteiger partial charge on any atom is -0.381 e. The molecule has 3 rings (SSSR count). The van der Waals surface area contributed by atoms with E-state index in [1.165, 1.54) is 11.3 Å². The van der Waals surface area contributed by atoms with E-state index in [-0.39, 0.29) is 6.04 Å². The Morgan fingerprint density at radius 1 is 1.14 bits per heavy atom. The largest absolute Gasteiger partial charge is 0.381 e. The first-order valence-electron chi connectivity index (χ1n) is 6.83. The molecular weight excluding hydrogens is 326 g/mol. The molecule has 0 bridgehead atoms. The third-order valence-corrected chi connectivity index (χ3v) is 7.68. The molecule has 2 aromatic rings. The predicted octanol–water partition coefficient (Wildman–Crippen LogP) is 3.18. The molecule has 2 aromatic heterocycles. The van der Waals surface area contributed by atoms with E-state index in [4.69, 9.17) is 4.74 Å².